The average Bonchev–Trinajstić information content (AvgIpc) is 3.27. The van der Waals surface area contributed by atoms with Crippen LogP contribution in [0.25, 0.3) is 53.9 Å². The van der Waals surface area contributed by atoms with Crippen LogP contribution >= 0.6 is 0 Å². The molecule has 0 saturated carbocycles. The number of rotatable bonds is 28. The van der Waals surface area contributed by atoms with Crippen LogP contribution in [0.5, 0.6) is 0 Å². The van der Waals surface area contributed by atoms with E-state index in [9.17, 15) is 59.4 Å². The number of benzene rings is 6. The summed E-state index contributed by atoms with van der Waals surface area (Å²) in [5, 5.41) is 67.6. The number of carboxylic acid groups (broad SMARTS) is 6. The molecule has 0 fully saturated rings. The van der Waals surface area contributed by atoms with Crippen LogP contribution in [0.2, 0.25) is 0 Å². The van der Waals surface area contributed by atoms with Gasteiger partial charge in [-0.2, -0.15) is 0 Å². The Labute approximate surface area is 384 Å². The van der Waals surface area contributed by atoms with Crippen molar-refractivity contribution < 1.29 is 59.4 Å². The number of unbranched alkanes of at least 4 members (excludes halogenated alkanes) is 12. The molecule has 0 spiro atoms. The van der Waals surface area contributed by atoms with Crippen LogP contribution in [0.3, 0.4) is 0 Å². The molecule has 0 aliphatic carbocycles. The minimum atomic E-state index is -1.73. The predicted molar refractivity (Wildman–Crippen MR) is 259 cm³/mol. The van der Waals surface area contributed by atoms with Crippen LogP contribution in [0.4, 0.5) is 0 Å². The lowest BCUT2D eigenvalue weighted by Gasteiger charge is -2.31. The number of fused-ring (bicyclic) bond motifs is 1. The van der Waals surface area contributed by atoms with Crippen molar-refractivity contribution in [2.24, 2.45) is 0 Å². The number of carboxylic acids is 6. The summed E-state index contributed by atoms with van der Waals surface area (Å²) in [4.78, 5) is 83.1. The molecule has 0 atom stereocenters. The average molecular weight is 905 g/mol. The van der Waals surface area contributed by atoms with Crippen molar-refractivity contribution in [1.82, 2.24) is 0 Å². The molecule has 0 bridgehead atoms. The third kappa shape index (κ3) is 9.07. The molecule has 0 aliphatic rings. The van der Waals surface area contributed by atoms with Gasteiger partial charge in [0.1, 0.15) is 0 Å². The summed E-state index contributed by atoms with van der Waals surface area (Å²) in [5.74, 6) is -10.6. The lowest BCUT2D eigenvalue weighted by Crippen LogP contribution is -2.20. The van der Waals surface area contributed by atoms with Gasteiger partial charge in [-0.1, -0.05) is 149 Å². The largest absolute Gasteiger partial charge is 0.478 e. The van der Waals surface area contributed by atoms with Gasteiger partial charge < -0.3 is 30.6 Å². The van der Waals surface area contributed by atoms with Gasteiger partial charge in [0, 0.05) is 21.5 Å². The van der Waals surface area contributed by atoms with Crippen molar-refractivity contribution in [3.05, 3.63) is 68.8 Å². The Balaban J connectivity index is 2.04. The summed E-state index contributed by atoms with van der Waals surface area (Å²) in [6.45, 7) is 8.31. The van der Waals surface area contributed by atoms with Gasteiger partial charge in [-0.05, 0) is 87.0 Å². The van der Waals surface area contributed by atoms with Crippen LogP contribution in [-0.4, -0.2) is 66.5 Å². The molecule has 0 aliphatic heterocycles. The quantitative estimate of drug-likeness (QED) is 0.0154. The Hall–Kier alpha value is -6.04. The van der Waals surface area contributed by atoms with Crippen molar-refractivity contribution in [2.45, 2.75) is 168 Å². The number of hydrogen-bond acceptors (Lipinski definition) is 6. The minimum absolute atomic E-state index is 0.0274. The van der Waals surface area contributed by atoms with Crippen molar-refractivity contribution in [3.8, 4) is 0 Å². The number of carbonyl (C=O) groups is 6. The fourth-order valence-corrected chi connectivity index (χ4v) is 11.2. The van der Waals surface area contributed by atoms with Crippen molar-refractivity contribution in [2.75, 3.05) is 0 Å². The highest BCUT2D eigenvalue weighted by Crippen LogP contribution is 2.55. The van der Waals surface area contributed by atoms with Gasteiger partial charge in [0.15, 0.2) is 0 Å². The molecule has 0 radical (unpaired) electrons. The second kappa shape index (κ2) is 21.5. The number of aromatic carboxylic acids is 6. The first kappa shape index (κ1) is 49.4. The van der Waals surface area contributed by atoms with E-state index in [1.54, 1.807) is 18.2 Å². The summed E-state index contributed by atoms with van der Waals surface area (Å²) in [5.41, 5.74) is -3.09. The molecule has 6 rings (SSSR count). The van der Waals surface area contributed by atoms with E-state index in [0.717, 1.165) is 96.0 Å². The number of hydrogen-bond donors (Lipinski definition) is 6. The van der Waals surface area contributed by atoms with E-state index in [1.807, 2.05) is 0 Å². The molecule has 0 amide bonds. The minimum Gasteiger partial charge on any atom is -0.478 e. The first-order valence-electron chi connectivity index (χ1n) is 24.2. The second-order valence-electron chi connectivity index (χ2n) is 18.3. The fourth-order valence-electron chi connectivity index (χ4n) is 11.2. The van der Waals surface area contributed by atoms with E-state index in [0.29, 0.717) is 54.9 Å². The Bertz CT molecular complexity index is 2770. The molecule has 6 aromatic rings. The van der Waals surface area contributed by atoms with Crippen LogP contribution in [-0.2, 0) is 0 Å². The van der Waals surface area contributed by atoms with E-state index < -0.39 is 64.0 Å². The molecular formula is C54H64O12. The van der Waals surface area contributed by atoms with Crippen LogP contribution < -0.4 is 0 Å². The van der Waals surface area contributed by atoms with E-state index in [4.69, 9.17) is 0 Å². The van der Waals surface area contributed by atoms with Crippen molar-refractivity contribution in [3.63, 3.8) is 0 Å². The maximum absolute atomic E-state index is 14.5. The van der Waals surface area contributed by atoms with Gasteiger partial charge in [-0.15, -0.1) is 0 Å². The van der Waals surface area contributed by atoms with E-state index in [1.165, 1.54) is 0 Å². The zero-order chi connectivity index (χ0) is 48.0. The highest BCUT2D eigenvalue weighted by atomic mass is 16.4. The molecule has 6 N–H and O–H groups in total. The summed E-state index contributed by atoms with van der Waals surface area (Å²) in [7, 11) is 0. The molecule has 6 aromatic carbocycles. The third-order valence-corrected chi connectivity index (χ3v) is 14.0. The van der Waals surface area contributed by atoms with Gasteiger partial charge in [-0.25, -0.2) is 28.8 Å². The van der Waals surface area contributed by atoms with Gasteiger partial charge in [0.25, 0.3) is 0 Å². The second-order valence-corrected chi connectivity index (χ2v) is 18.3. The van der Waals surface area contributed by atoms with Crippen LogP contribution in [0.1, 0.15) is 241 Å². The van der Waals surface area contributed by atoms with Crippen LogP contribution in [0.15, 0.2) is 24.3 Å². The summed E-state index contributed by atoms with van der Waals surface area (Å²) in [6.07, 6.45) is 15.6. The highest BCUT2D eigenvalue weighted by molar-refractivity contribution is 6.47. The Morgan fingerprint density at radius 1 is 0.364 bits per heavy atom. The summed E-state index contributed by atoms with van der Waals surface area (Å²) in [6, 6.07) is 5.85. The molecule has 352 valence electrons. The van der Waals surface area contributed by atoms with Gasteiger partial charge in [0.2, 0.25) is 0 Å². The highest BCUT2D eigenvalue weighted by Gasteiger charge is 2.40. The smallest absolute Gasteiger partial charge is 0.337 e. The molecule has 0 unspecified atom stereocenters. The first-order chi connectivity index (χ1) is 31.7. The molecule has 0 saturated heterocycles. The van der Waals surface area contributed by atoms with Crippen molar-refractivity contribution >= 4 is 89.7 Å². The standard InChI is InChI=1S/C54H64O12/c1-5-9-13-17-22-29(23-18-14-10-6-2)35-31-26-21-27-32-37(31)43-44-39-33(28-34(49(55)56)41(38(32)39)51(59)60)40(50(57)58)48(54(65)66)42(44)36(47(53(63)64)45(43)46(35)52(61)62)30(24-19-15-11-7-3)25-20-16-12-8-4/h21,26-30H,5-20,22-25H2,1-4H3,(H,55,56)(H,57,58)(H,59,60)(H,61,62)(H,63,64)(H,65,66). The van der Waals surface area contributed by atoms with Crippen molar-refractivity contribution in [1.29, 1.82) is 0 Å². The summed E-state index contributed by atoms with van der Waals surface area (Å²) >= 11 is 0. The molecule has 12 nitrogen and oxygen atoms in total. The third-order valence-electron chi connectivity index (χ3n) is 14.0. The Morgan fingerprint density at radius 3 is 1.20 bits per heavy atom. The topological polar surface area (TPSA) is 224 Å². The fraction of sp³-hybridized carbons (Fsp3) is 0.481. The molecule has 0 heterocycles. The predicted octanol–water partition coefficient (Wildman–Crippen LogP) is 14.6. The molecular weight excluding hydrogens is 841 g/mol. The van der Waals surface area contributed by atoms with E-state index in [2.05, 4.69) is 27.7 Å². The lowest BCUT2D eigenvalue weighted by atomic mass is 9.71. The van der Waals surface area contributed by atoms with Gasteiger partial charge >= 0.3 is 35.8 Å². The van der Waals surface area contributed by atoms with E-state index in [-0.39, 0.29) is 65.7 Å². The Morgan fingerprint density at radius 2 is 0.773 bits per heavy atom. The first-order valence-corrected chi connectivity index (χ1v) is 24.2. The summed E-state index contributed by atoms with van der Waals surface area (Å²) < 4.78 is 0. The van der Waals surface area contributed by atoms with Gasteiger partial charge in [0.05, 0.1) is 33.4 Å². The molecule has 0 aromatic heterocycles. The molecule has 12 heteroatoms. The molecule has 66 heavy (non-hydrogen) atoms. The zero-order valence-corrected chi connectivity index (χ0v) is 38.7. The SMILES string of the molecule is CCCCCCC(CCCCCC)c1c(C(=O)O)c2c(C(=O)O)c(C(CCCCCC)CCCCCC)c3c(C(=O)O)c(C(=O)O)c4cc(C(=O)O)c(C(=O)O)c5c6cccc1c6c2c3c45. The van der Waals surface area contributed by atoms with Crippen LogP contribution in [0, 0.1) is 0 Å². The maximum atomic E-state index is 14.5. The maximum Gasteiger partial charge on any atom is 0.337 e. The lowest BCUT2D eigenvalue weighted by molar-refractivity contribution is 0.0652. The normalized spacial score (nSPS) is 12.0. The van der Waals surface area contributed by atoms with Gasteiger partial charge in [-0.3, -0.25) is 0 Å². The van der Waals surface area contributed by atoms with E-state index >= 15 is 0 Å². The zero-order valence-electron chi connectivity index (χ0n) is 38.7. The monoisotopic (exact) mass is 904 g/mol. The Kier molecular flexibility index (Phi) is 16.1.